The minimum Gasteiger partial charge on any atom is -0.482 e. The topological polar surface area (TPSA) is 55.8 Å². The van der Waals surface area contributed by atoms with Crippen molar-refractivity contribution in [3.63, 3.8) is 0 Å². The van der Waals surface area contributed by atoms with E-state index in [-0.39, 0.29) is 19.0 Å². The van der Waals surface area contributed by atoms with Crippen LogP contribution in [0.25, 0.3) is 0 Å². The molecule has 94 valence electrons. The van der Waals surface area contributed by atoms with E-state index in [4.69, 9.17) is 4.74 Å². The fraction of sp³-hybridized carbons (Fsp3) is 0.417. The Balaban J connectivity index is 2.73. The number of hydrogen-bond donors (Lipinski definition) is 1. The first-order valence-electron chi connectivity index (χ1n) is 5.30. The molecule has 1 rings (SSSR count). The Hall–Kier alpha value is -1.62. The third-order valence-electron chi connectivity index (χ3n) is 2.07. The number of carbonyl (C=O) groups is 1. The van der Waals surface area contributed by atoms with E-state index in [9.17, 15) is 14.3 Å². The summed E-state index contributed by atoms with van der Waals surface area (Å²) in [5.74, 6) is -0.702. The van der Waals surface area contributed by atoms with Gasteiger partial charge in [0.05, 0.1) is 12.7 Å². The second kappa shape index (κ2) is 6.20. The monoisotopic (exact) mass is 242 g/mol. The number of aliphatic hydroxyl groups is 1. The molecule has 0 aliphatic heterocycles. The molecule has 0 aliphatic rings. The zero-order valence-electron chi connectivity index (χ0n) is 9.77. The van der Waals surface area contributed by atoms with Crippen molar-refractivity contribution in [2.24, 2.45) is 0 Å². The molecule has 1 N–H and O–H groups in total. The lowest BCUT2D eigenvalue weighted by Gasteiger charge is -2.12. The zero-order valence-corrected chi connectivity index (χ0v) is 9.77. The van der Waals surface area contributed by atoms with Crippen LogP contribution in [-0.2, 0) is 9.53 Å². The maximum absolute atomic E-state index is 13.0. The summed E-state index contributed by atoms with van der Waals surface area (Å²) in [6.45, 7) is 3.19. The Labute approximate surface area is 99.0 Å². The van der Waals surface area contributed by atoms with Crippen LogP contribution in [0, 0.1) is 5.82 Å². The Bertz CT molecular complexity index is 390. The smallest absolute Gasteiger partial charge is 0.344 e. The molecule has 0 amide bonds. The van der Waals surface area contributed by atoms with Gasteiger partial charge in [-0.05, 0) is 32.0 Å². The third-order valence-corrected chi connectivity index (χ3v) is 2.07. The minimum absolute atomic E-state index is 0.265. The number of aliphatic hydroxyl groups excluding tert-OH is 1. The lowest BCUT2D eigenvalue weighted by molar-refractivity contribution is -0.145. The van der Waals surface area contributed by atoms with Gasteiger partial charge in [-0.15, -0.1) is 0 Å². The summed E-state index contributed by atoms with van der Waals surface area (Å²) in [5, 5.41) is 9.43. The lowest BCUT2D eigenvalue weighted by atomic mass is 10.1. The molecule has 0 bridgehead atoms. The van der Waals surface area contributed by atoms with Crippen molar-refractivity contribution < 1.29 is 23.8 Å². The van der Waals surface area contributed by atoms with E-state index >= 15 is 0 Å². The maximum atomic E-state index is 13.0. The number of rotatable bonds is 5. The van der Waals surface area contributed by atoms with Gasteiger partial charge in [0.15, 0.2) is 6.61 Å². The summed E-state index contributed by atoms with van der Waals surface area (Å²) in [7, 11) is 0. The molecule has 0 spiro atoms. The van der Waals surface area contributed by atoms with E-state index < -0.39 is 17.9 Å². The zero-order chi connectivity index (χ0) is 12.8. The Morgan fingerprint density at radius 1 is 1.53 bits per heavy atom. The Morgan fingerprint density at radius 2 is 2.24 bits per heavy atom. The molecule has 0 fully saturated rings. The summed E-state index contributed by atoms with van der Waals surface area (Å²) in [6, 6.07) is 3.74. The van der Waals surface area contributed by atoms with Crippen molar-refractivity contribution in [1.29, 1.82) is 0 Å². The molecule has 17 heavy (non-hydrogen) atoms. The highest BCUT2D eigenvalue weighted by Gasteiger charge is 2.12. The average Bonchev–Trinajstić information content (AvgIpc) is 2.27. The van der Waals surface area contributed by atoms with Crippen LogP contribution in [0.1, 0.15) is 25.5 Å². The maximum Gasteiger partial charge on any atom is 0.344 e. The summed E-state index contributed by atoms with van der Waals surface area (Å²) >= 11 is 0. The van der Waals surface area contributed by atoms with Gasteiger partial charge >= 0.3 is 5.97 Å². The fourth-order valence-electron chi connectivity index (χ4n) is 1.32. The van der Waals surface area contributed by atoms with E-state index in [0.717, 1.165) is 0 Å². The van der Waals surface area contributed by atoms with Crippen molar-refractivity contribution in [2.45, 2.75) is 20.0 Å². The highest BCUT2D eigenvalue weighted by Crippen LogP contribution is 2.25. The van der Waals surface area contributed by atoms with E-state index in [1.165, 1.54) is 25.1 Å². The standard InChI is InChI=1S/C12H15FO4/c1-3-16-12(15)7-17-11-5-4-9(13)6-10(11)8(2)14/h4-6,8,14H,3,7H2,1-2H3. The lowest BCUT2D eigenvalue weighted by Crippen LogP contribution is -2.15. The van der Waals surface area contributed by atoms with Crippen molar-refractivity contribution in [3.8, 4) is 5.75 Å². The molecular formula is C12H15FO4. The molecule has 1 aromatic rings. The average molecular weight is 242 g/mol. The van der Waals surface area contributed by atoms with E-state index in [2.05, 4.69) is 4.74 Å². The molecule has 0 saturated carbocycles. The predicted octanol–water partition coefficient (Wildman–Crippen LogP) is 1.82. The number of carbonyl (C=O) groups excluding carboxylic acids is 1. The normalized spacial score (nSPS) is 12.0. The first-order chi connectivity index (χ1) is 8.04. The molecule has 5 heteroatoms. The molecule has 4 nitrogen and oxygen atoms in total. The second-order valence-corrected chi connectivity index (χ2v) is 3.45. The quantitative estimate of drug-likeness (QED) is 0.800. The van der Waals surface area contributed by atoms with Crippen LogP contribution in [-0.4, -0.2) is 24.3 Å². The van der Waals surface area contributed by atoms with Gasteiger partial charge in [0.2, 0.25) is 0 Å². The Kier molecular flexibility index (Phi) is 4.90. The van der Waals surface area contributed by atoms with E-state index in [0.29, 0.717) is 5.56 Å². The van der Waals surface area contributed by atoms with Crippen LogP contribution in [0.15, 0.2) is 18.2 Å². The van der Waals surface area contributed by atoms with Gasteiger partial charge in [0.25, 0.3) is 0 Å². The van der Waals surface area contributed by atoms with Crippen LogP contribution < -0.4 is 4.74 Å². The summed E-state index contributed by atoms with van der Waals surface area (Å²) in [4.78, 5) is 11.1. The van der Waals surface area contributed by atoms with Crippen LogP contribution in [0.2, 0.25) is 0 Å². The van der Waals surface area contributed by atoms with Crippen LogP contribution in [0.5, 0.6) is 5.75 Å². The largest absolute Gasteiger partial charge is 0.482 e. The number of esters is 1. The van der Waals surface area contributed by atoms with Gasteiger partial charge < -0.3 is 14.6 Å². The van der Waals surface area contributed by atoms with Crippen molar-refractivity contribution in [3.05, 3.63) is 29.6 Å². The summed E-state index contributed by atoms with van der Waals surface area (Å²) in [5.41, 5.74) is 0.300. The van der Waals surface area contributed by atoms with E-state index in [1.807, 2.05) is 0 Å². The van der Waals surface area contributed by atoms with Crippen LogP contribution in [0.4, 0.5) is 4.39 Å². The molecule has 0 aliphatic carbocycles. The highest BCUT2D eigenvalue weighted by atomic mass is 19.1. The molecule has 0 radical (unpaired) electrons. The fourth-order valence-corrected chi connectivity index (χ4v) is 1.32. The molecule has 0 saturated heterocycles. The van der Waals surface area contributed by atoms with Crippen molar-refractivity contribution >= 4 is 5.97 Å². The summed E-state index contributed by atoms with van der Waals surface area (Å²) in [6.07, 6.45) is -0.872. The first kappa shape index (κ1) is 13.4. The number of halogens is 1. The predicted molar refractivity (Wildman–Crippen MR) is 59.2 cm³/mol. The molecule has 1 atom stereocenters. The molecule has 0 heterocycles. The van der Waals surface area contributed by atoms with Crippen molar-refractivity contribution in [2.75, 3.05) is 13.2 Å². The van der Waals surface area contributed by atoms with Gasteiger partial charge in [-0.2, -0.15) is 0 Å². The number of benzene rings is 1. The van der Waals surface area contributed by atoms with Gasteiger partial charge in [-0.25, -0.2) is 9.18 Å². The Morgan fingerprint density at radius 3 is 2.82 bits per heavy atom. The van der Waals surface area contributed by atoms with Crippen LogP contribution >= 0.6 is 0 Å². The second-order valence-electron chi connectivity index (χ2n) is 3.45. The first-order valence-corrected chi connectivity index (χ1v) is 5.30. The minimum atomic E-state index is -0.872. The van der Waals surface area contributed by atoms with E-state index in [1.54, 1.807) is 6.92 Å². The molecule has 0 aromatic heterocycles. The van der Waals surface area contributed by atoms with Gasteiger partial charge in [0.1, 0.15) is 11.6 Å². The molecular weight excluding hydrogens is 227 g/mol. The third kappa shape index (κ3) is 4.03. The highest BCUT2D eigenvalue weighted by molar-refractivity contribution is 5.71. The molecule has 1 unspecified atom stereocenters. The van der Waals surface area contributed by atoms with Gasteiger partial charge in [-0.1, -0.05) is 0 Å². The summed E-state index contributed by atoms with van der Waals surface area (Å²) < 4.78 is 22.8. The molecule has 1 aromatic carbocycles. The number of ether oxygens (including phenoxy) is 2. The van der Waals surface area contributed by atoms with Gasteiger partial charge in [0, 0.05) is 5.56 Å². The SMILES string of the molecule is CCOC(=O)COc1ccc(F)cc1C(C)O. The van der Waals surface area contributed by atoms with Gasteiger partial charge in [-0.3, -0.25) is 0 Å². The number of hydrogen-bond acceptors (Lipinski definition) is 4. The van der Waals surface area contributed by atoms with Crippen molar-refractivity contribution in [1.82, 2.24) is 0 Å². The van der Waals surface area contributed by atoms with Crippen LogP contribution in [0.3, 0.4) is 0 Å².